The minimum atomic E-state index is -0.678. The third-order valence-electron chi connectivity index (χ3n) is 10.1. The number of hydrogen-bond donors (Lipinski definition) is 2. The van der Waals surface area contributed by atoms with Crippen molar-refractivity contribution in [1.29, 1.82) is 0 Å². The molecule has 0 radical (unpaired) electrons. The van der Waals surface area contributed by atoms with Crippen molar-refractivity contribution in [3.63, 3.8) is 0 Å². The first-order valence-corrected chi connectivity index (χ1v) is 22.2. The molecule has 8 heteroatoms. The van der Waals surface area contributed by atoms with E-state index in [1.54, 1.807) is 0 Å². The Balaban J connectivity index is 3.25. The Kier molecular flexibility index (Phi) is 39.9. The van der Waals surface area contributed by atoms with E-state index in [1.165, 1.54) is 154 Å². The molecular weight excluding hydrogens is 656 g/mol. The molecule has 8 nitrogen and oxygen atoms in total. The van der Waals surface area contributed by atoms with E-state index < -0.39 is 11.9 Å². The van der Waals surface area contributed by atoms with Crippen LogP contribution in [0.3, 0.4) is 0 Å². The summed E-state index contributed by atoms with van der Waals surface area (Å²) in [4.78, 5) is 44.9. The van der Waals surface area contributed by atoms with Crippen molar-refractivity contribution in [3.8, 4) is 0 Å². The second kappa shape index (κ2) is 41.6. The first kappa shape index (κ1) is 49.9. The van der Waals surface area contributed by atoms with Gasteiger partial charge in [-0.25, -0.2) is 0 Å². The molecule has 0 aromatic heterocycles. The first-order valence-electron chi connectivity index (χ1n) is 22.2. The molecule has 0 saturated heterocycles. The molecule has 2 N–H and O–H groups in total. The Labute approximate surface area is 319 Å². The maximum Gasteiger partial charge on any atom is 0.305 e. The van der Waals surface area contributed by atoms with Gasteiger partial charge in [0.25, 0.3) is 0 Å². The van der Waals surface area contributed by atoms with Crippen molar-refractivity contribution in [3.05, 3.63) is 0 Å². The molecule has 0 aromatic rings. The third kappa shape index (κ3) is 44.0. The molecule has 0 heterocycles. The van der Waals surface area contributed by atoms with E-state index in [4.69, 9.17) is 19.7 Å². The van der Waals surface area contributed by atoms with Crippen LogP contribution in [-0.4, -0.2) is 47.3 Å². The lowest BCUT2D eigenvalue weighted by molar-refractivity contribution is -0.146. The van der Waals surface area contributed by atoms with Gasteiger partial charge in [0.05, 0.1) is 13.2 Å². The molecule has 52 heavy (non-hydrogen) atoms. The predicted molar refractivity (Wildman–Crippen MR) is 213 cm³/mol. The molecular formula is C44H82O8. The summed E-state index contributed by atoms with van der Waals surface area (Å²) in [6.07, 6.45) is 41.5. The fraction of sp³-hybridized carbons (Fsp3) is 0.909. The number of esters is 2. The quantitative estimate of drug-likeness (QED) is 0.0467. The highest BCUT2D eigenvalue weighted by atomic mass is 16.5. The zero-order valence-corrected chi connectivity index (χ0v) is 33.6. The van der Waals surface area contributed by atoms with Crippen molar-refractivity contribution in [2.45, 2.75) is 244 Å². The smallest absolute Gasteiger partial charge is 0.305 e. The van der Waals surface area contributed by atoms with Gasteiger partial charge < -0.3 is 19.7 Å². The van der Waals surface area contributed by atoms with Crippen molar-refractivity contribution >= 4 is 23.9 Å². The van der Waals surface area contributed by atoms with Crippen LogP contribution in [0.25, 0.3) is 0 Å². The van der Waals surface area contributed by atoms with Crippen LogP contribution in [-0.2, 0) is 28.7 Å². The Hall–Kier alpha value is -2.12. The van der Waals surface area contributed by atoms with E-state index >= 15 is 0 Å². The number of carbonyl (C=O) groups excluding carboxylic acids is 2. The number of ether oxygens (including phenoxy) is 2. The second-order valence-electron chi connectivity index (χ2n) is 15.2. The summed E-state index contributed by atoms with van der Waals surface area (Å²) in [5.74, 6) is -1.58. The highest BCUT2D eigenvalue weighted by Gasteiger charge is 2.05. The second-order valence-corrected chi connectivity index (χ2v) is 15.2. The Morgan fingerprint density at radius 3 is 0.615 bits per heavy atom. The fourth-order valence-corrected chi connectivity index (χ4v) is 6.76. The van der Waals surface area contributed by atoms with Gasteiger partial charge in [-0.15, -0.1) is 0 Å². The molecule has 0 atom stereocenters. The van der Waals surface area contributed by atoms with Crippen LogP contribution < -0.4 is 0 Å². The number of rotatable bonds is 43. The van der Waals surface area contributed by atoms with E-state index in [9.17, 15) is 19.2 Å². The standard InChI is InChI=1S/C44H82O8/c45-41(46)35-29-25-21-17-13-9-5-1-3-7-11-15-19-23-27-31-37-43(49)51-39-33-34-40-52-44(50)38-32-28-24-20-16-12-8-4-2-6-10-14-18-22-26-30-36-42(47)48/h1-40H2,(H,45,46)(H,47,48). The van der Waals surface area contributed by atoms with Gasteiger partial charge in [-0.1, -0.05) is 180 Å². The monoisotopic (exact) mass is 739 g/mol. The van der Waals surface area contributed by atoms with Crippen molar-refractivity contribution in [2.75, 3.05) is 13.2 Å². The van der Waals surface area contributed by atoms with Crippen LogP contribution in [0, 0.1) is 0 Å². The highest BCUT2D eigenvalue weighted by Crippen LogP contribution is 2.16. The van der Waals surface area contributed by atoms with E-state index in [2.05, 4.69) is 0 Å². The van der Waals surface area contributed by atoms with Crippen LogP contribution in [0.1, 0.15) is 244 Å². The summed E-state index contributed by atoms with van der Waals surface area (Å²) in [5, 5.41) is 17.3. The van der Waals surface area contributed by atoms with Gasteiger partial charge in [0.2, 0.25) is 0 Å². The molecule has 0 aliphatic heterocycles. The normalized spacial score (nSPS) is 11.2. The van der Waals surface area contributed by atoms with Crippen LogP contribution in [0.4, 0.5) is 0 Å². The molecule has 0 saturated carbocycles. The minimum absolute atomic E-state index is 0.110. The molecule has 0 aliphatic rings. The van der Waals surface area contributed by atoms with Gasteiger partial charge in [0, 0.05) is 25.7 Å². The zero-order valence-electron chi connectivity index (χ0n) is 33.6. The van der Waals surface area contributed by atoms with Crippen molar-refractivity contribution in [1.82, 2.24) is 0 Å². The van der Waals surface area contributed by atoms with E-state index in [0.717, 1.165) is 64.2 Å². The lowest BCUT2D eigenvalue weighted by Gasteiger charge is -2.07. The first-order chi connectivity index (χ1) is 25.4. The summed E-state index contributed by atoms with van der Waals surface area (Å²) in [6, 6.07) is 0. The van der Waals surface area contributed by atoms with Gasteiger partial charge in [-0.2, -0.15) is 0 Å². The number of carboxylic acids is 2. The molecule has 0 bridgehead atoms. The van der Waals surface area contributed by atoms with E-state index in [0.29, 0.717) is 38.9 Å². The topological polar surface area (TPSA) is 127 Å². The summed E-state index contributed by atoms with van der Waals surface area (Å²) in [7, 11) is 0. The largest absolute Gasteiger partial charge is 0.481 e. The van der Waals surface area contributed by atoms with Gasteiger partial charge in [-0.3, -0.25) is 19.2 Å². The Morgan fingerprint density at radius 2 is 0.423 bits per heavy atom. The molecule has 0 fully saturated rings. The summed E-state index contributed by atoms with van der Waals surface area (Å²) in [6.45, 7) is 0.813. The number of unbranched alkanes of at least 4 members (excludes halogenated alkanes) is 31. The number of hydrogen-bond acceptors (Lipinski definition) is 6. The molecule has 306 valence electrons. The average molecular weight is 739 g/mol. The predicted octanol–water partition coefficient (Wildman–Crippen LogP) is 13.1. The van der Waals surface area contributed by atoms with E-state index in [-0.39, 0.29) is 11.9 Å². The molecule has 0 unspecified atom stereocenters. The fourth-order valence-electron chi connectivity index (χ4n) is 6.76. The van der Waals surface area contributed by atoms with Crippen LogP contribution >= 0.6 is 0 Å². The molecule has 0 spiro atoms. The third-order valence-corrected chi connectivity index (χ3v) is 10.1. The van der Waals surface area contributed by atoms with Crippen LogP contribution in [0.5, 0.6) is 0 Å². The van der Waals surface area contributed by atoms with E-state index in [1.807, 2.05) is 0 Å². The number of aliphatic carboxylic acids is 2. The van der Waals surface area contributed by atoms with Crippen LogP contribution in [0.15, 0.2) is 0 Å². The molecule has 0 aliphatic carbocycles. The van der Waals surface area contributed by atoms with Gasteiger partial charge in [0.1, 0.15) is 0 Å². The van der Waals surface area contributed by atoms with Crippen molar-refractivity contribution < 1.29 is 38.9 Å². The zero-order chi connectivity index (χ0) is 38.0. The van der Waals surface area contributed by atoms with Gasteiger partial charge >= 0.3 is 23.9 Å². The van der Waals surface area contributed by atoms with Crippen LogP contribution in [0.2, 0.25) is 0 Å². The summed E-state index contributed by atoms with van der Waals surface area (Å²) < 4.78 is 10.7. The van der Waals surface area contributed by atoms with Gasteiger partial charge in [-0.05, 0) is 38.5 Å². The lowest BCUT2D eigenvalue weighted by Crippen LogP contribution is -2.08. The number of carbonyl (C=O) groups is 4. The Morgan fingerprint density at radius 1 is 0.250 bits per heavy atom. The summed E-state index contributed by atoms with van der Waals surface area (Å²) >= 11 is 0. The minimum Gasteiger partial charge on any atom is -0.481 e. The SMILES string of the molecule is O=C(O)CCCCCCCCCCCCCCCCCCC(=O)OCCCCOC(=O)CCCCCCCCCCCCCCCCCCC(=O)O. The number of carboxylic acid groups (broad SMARTS) is 2. The molecule has 0 amide bonds. The highest BCUT2D eigenvalue weighted by molar-refractivity contribution is 5.69. The average Bonchev–Trinajstić information content (AvgIpc) is 3.11. The Bertz CT molecular complexity index is 748. The molecule has 0 rings (SSSR count). The maximum atomic E-state index is 12.0. The molecule has 0 aromatic carbocycles. The maximum absolute atomic E-state index is 12.0. The van der Waals surface area contributed by atoms with Crippen molar-refractivity contribution in [2.24, 2.45) is 0 Å². The lowest BCUT2D eigenvalue weighted by atomic mass is 10.0. The summed E-state index contributed by atoms with van der Waals surface area (Å²) in [5.41, 5.74) is 0. The van der Waals surface area contributed by atoms with Gasteiger partial charge in [0.15, 0.2) is 0 Å².